The van der Waals surface area contributed by atoms with Crippen LogP contribution >= 0.6 is 0 Å². The minimum Gasteiger partial charge on any atom is -0.343 e. The van der Waals surface area contributed by atoms with Crippen LogP contribution in [0.1, 0.15) is 26.7 Å². The summed E-state index contributed by atoms with van der Waals surface area (Å²) in [5.41, 5.74) is 0. The molecule has 0 aromatic carbocycles. The third-order valence-electron chi connectivity index (χ3n) is 3.26. The molecule has 1 saturated heterocycles. The number of hydrogen-bond acceptors (Lipinski definition) is 4. The number of likely N-dealkylation sites (tertiary alicyclic amines) is 1. The van der Waals surface area contributed by atoms with Gasteiger partial charge in [-0.15, -0.1) is 0 Å². The van der Waals surface area contributed by atoms with E-state index in [-0.39, 0.29) is 11.8 Å². The zero-order valence-electron chi connectivity index (χ0n) is 11.5. The SMILES string of the molecule is CC(=O)NS(=O)(=O)N(C)CC1CCN(C(C)=O)CC1. The van der Waals surface area contributed by atoms with E-state index in [2.05, 4.69) is 0 Å². The van der Waals surface area contributed by atoms with Crippen molar-refractivity contribution in [2.45, 2.75) is 26.7 Å². The average molecular weight is 291 g/mol. The molecule has 2 amide bonds. The molecule has 110 valence electrons. The molecule has 1 heterocycles. The Morgan fingerprint density at radius 3 is 2.21 bits per heavy atom. The molecule has 0 unspecified atom stereocenters. The van der Waals surface area contributed by atoms with E-state index in [4.69, 9.17) is 0 Å². The Hall–Kier alpha value is -1.15. The molecule has 19 heavy (non-hydrogen) atoms. The molecule has 1 rings (SSSR count). The summed E-state index contributed by atoms with van der Waals surface area (Å²) in [6, 6.07) is 0. The highest BCUT2D eigenvalue weighted by Crippen LogP contribution is 2.18. The molecule has 0 aliphatic carbocycles. The monoisotopic (exact) mass is 291 g/mol. The molecule has 1 fully saturated rings. The number of rotatable bonds is 4. The highest BCUT2D eigenvalue weighted by atomic mass is 32.2. The van der Waals surface area contributed by atoms with Crippen LogP contribution in [0.15, 0.2) is 0 Å². The van der Waals surface area contributed by atoms with E-state index in [0.717, 1.165) is 24.1 Å². The fourth-order valence-corrected chi connectivity index (χ4v) is 3.08. The highest BCUT2D eigenvalue weighted by Gasteiger charge is 2.26. The van der Waals surface area contributed by atoms with E-state index >= 15 is 0 Å². The molecule has 0 saturated carbocycles. The van der Waals surface area contributed by atoms with Crippen molar-refractivity contribution in [2.24, 2.45) is 5.92 Å². The summed E-state index contributed by atoms with van der Waals surface area (Å²) >= 11 is 0. The molecule has 1 N–H and O–H groups in total. The summed E-state index contributed by atoms with van der Waals surface area (Å²) in [4.78, 5) is 23.8. The lowest BCUT2D eigenvalue weighted by molar-refractivity contribution is -0.130. The number of carbonyl (C=O) groups is 2. The Morgan fingerprint density at radius 1 is 1.26 bits per heavy atom. The molecule has 1 aliphatic heterocycles. The van der Waals surface area contributed by atoms with Crippen LogP contribution in [0.3, 0.4) is 0 Å². The third-order valence-corrected chi connectivity index (χ3v) is 4.77. The predicted molar refractivity (Wildman–Crippen MR) is 70.3 cm³/mol. The highest BCUT2D eigenvalue weighted by molar-refractivity contribution is 7.87. The maximum absolute atomic E-state index is 11.7. The molecule has 0 bridgehead atoms. The van der Waals surface area contributed by atoms with E-state index in [9.17, 15) is 18.0 Å². The van der Waals surface area contributed by atoms with E-state index in [1.807, 2.05) is 4.72 Å². The van der Waals surface area contributed by atoms with Crippen molar-refractivity contribution in [3.8, 4) is 0 Å². The molecule has 0 aromatic heterocycles. The van der Waals surface area contributed by atoms with Gasteiger partial charge < -0.3 is 4.90 Å². The first-order valence-corrected chi connectivity index (χ1v) is 7.66. The minimum absolute atomic E-state index is 0.0534. The van der Waals surface area contributed by atoms with Crippen molar-refractivity contribution in [3.05, 3.63) is 0 Å². The molecule has 0 aromatic rings. The lowest BCUT2D eigenvalue weighted by atomic mass is 9.97. The van der Waals surface area contributed by atoms with Crippen molar-refractivity contribution in [1.29, 1.82) is 0 Å². The summed E-state index contributed by atoms with van der Waals surface area (Å²) in [5, 5.41) is 0. The van der Waals surface area contributed by atoms with Gasteiger partial charge in [-0.2, -0.15) is 12.7 Å². The van der Waals surface area contributed by atoms with Gasteiger partial charge in [0.25, 0.3) is 0 Å². The van der Waals surface area contributed by atoms with E-state index < -0.39 is 16.1 Å². The van der Waals surface area contributed by atoms with Crippen molar-refractivity contribution in [1.82, 2.24) is 13.9 Å². The normalized spacial score (nSPS) is 17.6. The van der Waals surface area contributed by atoms with E-state index in [0.29, 0.717) is 19.6 Å². The molecule has 0 radical (unpaired) electrons. The van der Waals surface area contributed by atoms with E-state index in [1.165, 1.54) is 14.0 Å². The van der Waals surface area contributed by atoms with Gasteiger partial charge in [-0.25, -0.2) is 4.72 Å². The van der Waals surface area contributed by atoms with Gasteiger partial charge in [0.15, 0.2) is 0 Å². The van der Waals surface area contributed by atoms with Crippen molar-refractivity contribution in [2.75, 3.05) is 26.7 Å². The lowest BCUT2D eigenvalue weighted by Crippen LogP contribution is -2.45. The lowest BCUT2D eigenvalue weighted by Gasteiger charge is -2.33. The second kappa shape index (κ2) is 6.33. The van der Waals surface area contributed by atoms with Gasteiger partial charge in [-0.3, -0.25) is 9.59 Å². The summed E-state index contributed by atoms with van der Waals surface area (Å²) < 4.78 is 26.5. The molecular weight excluding hydrogens is 270 g/mol. The summed E-state index contributed by atoms with van der Waals surface area (Å²) in [7, 11) is -2.29. The first kappa shape index (κ1) is 15.9. The van der Waals surface area contributed by atoms with Crippen molar-refractivity contribution in [3.63, 3.8) is 0 Å². The van der Waals surface area contributed by atoms with Crippen LogP contribution in [0, 0.1) is 5.92 Å². The Labute approximate surface area is 114 Å². The van der Waals surface area contributed by atoms with Gasteiger partial charge in [0.1, 0.15) is 0 Å². The van der Waals surface area contributed by atoms with Gasteiger partial charge in [0, 0.05) is 40.5 Å². The van der Waals surface area contributed by atoms with Crippen LogP contribution in [-0.4, -0.2) is 56.1 Å². The molecule has 1 aliphatic rings. The van der Waals surface area contributed by atoms with Crippen LogP contribution in [-0.2, 0) is 19.8 Å². The number of hydrogen-bond donors (Lipinski definition) is 1. The molecule has 7 nitrogen and oxygen atoms in total. The summed E-state index contributed by atoms with van der Waals surface area (Å²) in [6.45, 7) is 4.38. The van der Waals surface area contributed by atoms with Gasteiger partial charge in [-0.1, -0.05) is 0 Å². The Balaban J connectivity index is 2.48. The Bertz CT molecular complexity index is 441. The van der Waals surface area contributed by atoms with Gasteiger partial charge in [-0.05, 0) is 18.8 Å². The van der Waals surface area contributed by atoms with E-state index in [1.54, 1.807) is 4.90 Å². The van der Waals surface area contributed by atoms with Crippen molar-refractivity contribution < 1.29 is 18.0 Å². The number of amides is 2. The van der Waals surface area contributed by atoms with Crippen molar-refractivity contribution >= 4 is 22.0 Å². The third kappa shape index (κ3) is 4.79. The van der Waals surface area contributed by atoms with Crippen LogP contribution in [0.2, 0.25) is 0 Å². The summed E-state index contributed by atoms with van der Waals surface area (Å²) in [5.74, 6) is -0.333. The number of carbonyl (C=O) groups excluding carboxylic acids is 2. The van der Waals surface area contributed by atoms with Crippen LogP contribution in [0.25, 0.3) is 0 Å². The first-order chi connectivity index (χ1) is 8.72. The van der Waals surface area contributed by atoms with Crippen LogP contribution in [0.4, 0.5) is 0 Å². The molecule has 0 spiro atoms. The fraction of sp³-hybridized carbons (Fsp3) is 0.818. The minimum atomic E-state index is -3.74. The van der Waals surface area contributed by atoms with Gasteiger partial charge >= 0.3 is 10.2 Å². The maximum Gasteiger partial charge on any atom is 0.303 e. The zero-order chi connectivity index (χ0) is 14.6. The second-order valence-electron chi connectivity index (χ2n) is 4.89. The number of nitrogens with zero attached hydrogens (tertiary/aromatic N) is 2. The fourth-order valence-electron chi connectivity index (χ4n) is 2.15. The predicted octanol–water partition coefficient (Wildman–Crippen LogP) is -0.442. The zero-order valence-corrected chi connectivity index (χ0v) is 12.4. The topological polar surface area (TPSA) is 86.8 Å². The largest absolute Gasteiger partial charge is 0.343 e. The molecular formula is C11H21N3O4S. The smallest absolute Gasteiger partial charge is 0.303 e. The Kier molecular flexibility index (Phi) is 5.30. The second-order valence-corrected chi connectivity index (χ2v) is 6.67. The van der Waals surface area contributed by atoms with Gasteiger partial charge in [0.05, 0.1) is 0 Å². The quantitative estimate of drug-likeness (QED) is 0.760. The van der Waals surface area contributed by atoms with Gasteiger partial charge in [0.2, 0.25) is 11.8 Å². The molecule has 0 atom stereocenters. The standard InChI is InChI=1S/C11H21N3O4S/c1-9(15)12-19(17,18)13(3)8-11-4-6-14(7-5-11)10(2)16/h11H,4-8H2,1-3H3,(H,12,15). The Morgan fingerprint density at radius 2 is 1.79 bits per heavy atom. The van der Waals surface area contributed by atoms with Crippen LogP contribution in [0.5, 0.6) is 0 Å². The number of piperidine rings is 1. The molecule has 8 heteroatoms. The van der Waals surface area contributed by atoms with Crippen LogP contribution < -0.4 is 4.72 Å². The number of nitrogens with one attached hydrogen (secondary N) is 1. The summed E-state index contributed by atoms with van der Waals surface area (Å²) in [6.07, 6.45) is 1.55. The average Bonchev–Trinajstić information content (AvgIpc) is 2.27. The maximum atomic E-state index is 11.7. The first-order valence-electron chi connectivity index (χ1n) is 6.22.